The average Bonchev–Trinajstić information content (AvgIpc) is 2.17. The van der Waals surface area contributed by atoms with Crippen LogP contribution in [0.3, 0.4) is 0 Å². The normalized spacial score (nSPS) is 17.1. The van der Waals surface area contributed by atoms with Crippen LogP contribution in [0.1, 0.15) is 16.7 Å². The molecule has 2 rings (SSSR count). The predicted molar refractivity (Wildman–Crippen MR) is 58.8 cm³/mol. The van der Waals surface area contributed by atoms with Gasteiger partial charge in [-0.3, -0.25) is 0 Å². The number of nitrogens with zero attached hydrogens (tertiary/aromatic N) is 1. The molecule has 1 nitrogen and oxygen atoms in total. The molecule has 1 aliphatic heterocycles. The van der Waals surface area contributed by atoms with Crippen LogP contribution in [0, 0.1) is 6.92 Å². The van der Waals surface area contributed by atoms with Gasteiger partial charge in [-0.1, -0.05) is 35.7 Å². The van der Waals surface area contributed by atoms with E-state index in [9.17, 15) is 0 Å². The van der Waals surface area contributed by atoms with Crippen LogP contribution < -0.4 is 0 Å². The van der Waals surface area contributed by atoms with Gasteiger partial charge in [0.1, 0.15) is 0 Å². The first-order chi connectivity index (χ1) is 6.29. The summed E-state index contributed by atoms with van der Waals surface area (Å²) in [7, 11) is 0. The highest BCUT2D eigenvalue weighted by Crippen LogP contribution is 2.23. The van der Waals surface area contributed by atoms with Gasteiger partial charge in [0.25, 0.3) is 0 Å². The molecule has 1 aromatic rings. The van der Waals surface area contributed by atoms with Crippen LogP contribution in [0.25, 0.3) is 0 Å². The van der Waals surface area contributed by atoms with Gasteiger partial charge in [0, 0.05) is 13.1 Å². The van der Waals surface area contributed by atoms with Gasteiger partial charge >= 0.3 is 0 Å². The van der Waals surface area contributed by atoms with E-state index in [0.717, 1.165) is 6.54 Å². The fourth-order valence-corrected chi connectivity index (χ4v) is 2.35. The molecule has 1 aliphatic rings. The Labute approximate surface area is 84.3 Å². The summed E-state index contributed by atoms with van der Waals surface area (Å²) < 4.78 is 2.41. The summed E-state index contributed by atoms with van der Waals surface area (Å²) in [6.45, 7) is 4.47. The van der Waals surface area contributed by atoms with Crippen molar-refractivity contribution in [3.8, 4) is 0 Å². The molecular formula is C11H15NS. The zero-order valence-corrected chi connectivity index (χ0v) is 9.03. The number of hydrogen-bond acceptors (Lipinski definition) is 2. The van der Waals surface area contributed by atoms with E-state index in [1.54, 1.807) is 5.56 Å². The van der Waals surface area contributed by atoms with Crippen LogP contribution in [0.5, 0.6) is 0 Å². The molecule has 2 heteroatoms. The van der Waals surface area contributed by atoms with Crippen molar-refractivity contribution in [1.29, 1.82) is 0 Å². The van der Waals surface area contributed by atoms with E-state index in [4.69, 9.17) is 0 Å². The van der Waals surface area contributed by atoms with Crippen molar-refractivity contribution in [1.82, 2.24) is 4.31 Å². The Morgan fingerprint density at radius 3 is 2.92 bits per heavy atom. The van der Waals surface area contributed by atoms with E-state index in [1.165, 1.54) is 24.1 Å². The zero-order valence-electron chi connectivity index (χ0n) is 8.21. The summed E-state index contributed by atoms with van der Waals surface area (Å²) in [5.74, 6) is 0. The smallest absolute Gasteiger partial charge is 0.0343 e. The first-order valence-electron chi connectivity index (χ1n) is 4.67. The largest absolute Gasteiger partial charge is 0.246 e. The SMILES string of the molecule is CSN1CCc2cc(C)ccc2C1. The number of rotatable bonds is 1. The Bertz CT molecular complexity index is 309. The highest BCUT2D eigenvalue weighted by atomic mass is 32.2. The lowest BCUT2D eigenvalue weighted by atomic mass is 9.99. The highest BCUT2D eigenvalue weighted by Gasteiger charge is 2.14. The third-order valence-corrected chi connectivity index (χ3v) is 3.43. The van der Waals surface area contributed by atoms with Crippen molar-refractivity contribution in [2.24, 2.45) is 0 Å². The van der Waals surface area contributed by atoms with E-state index in [2.05, 4.69) is 35.7 Å². The first kappa shape index (κ1) is 9.10. The van der Waals surface area contributed by atoms with Crippen molar-refractivity contribution in [3.05, 3.63) is 34.9 Å². The van der Waals surface area contributed by atoms with Gasteiger partial charge < -0.3 is 0 Å². The maximum Gasteiger partial charge on any atom is 0.0343 e. The lowest BCUT2D eigenvalue weighted by molar-refractivity contribution is 0.446. The minimum atomic E-state index is 1.11. The van der Waals surface area contributed by atoms with E-state index in [0.29, 0.717) is 0 Å². The molecular weight excluding hydrogens is 178 g/mol. The Balaban J connectivity index is 2.26. The molecule has 0 amide bonds. The van der Waals surface area contributed by atoms with Crippen molar-refractivity contribution in [2.45, 2.75) is 19.9 Å². The minimum Gasteiger partial charge on any atom is -0.246 e. The molecule has 0 bridgehead atoms. The summed E-state index contributed by atoms with van der Waals surface area (Å²) in [6.07, 6.45) is 3.36. The maximum atomic E-state index is 2.41. The molecule has 0 fully saturated rings. The monoisotopic (exact) mass is 193 g/mol. The third kappa shape index (κ3) is 1.89. The zero-order chi connectivity index (χ0) is 9.26. The number of fused-ring (bicyclic) bond motifs is 1. The molecule has 0 N–H and O–H groups in total. The van der Waals surface area contributed by atoms with Crippen molar-refractivity contribution >= 4 is 11.9 Å². The topological polar surface area (TPSA) is 3.24 Å². The Morgan fingerprint density at radius 1 is 1.31 bits per heavy atom. The summed E-state index contributed by atoms with van der Waals surface area (Å²) in [5, 5.41) is 0. The molecule has 70 valence electrons. The lowest BCUT2D eigenvalue weighted by Gasteiger charge is -2.26. The molecule has 0 spiro atoms. The number of aryl methyl sites for hydroxylation is 1. The summed E-state index contributed by atoms with van der Waals surface area (Å²) in [6, 6.07) is 6.81. The molecule has 0 aliphatic carbocycles. The second-order valence-electron chi connectivity index (χ2n) is 3.57. The second-order valence-corrected chi connectivity index (χ2v) is 4.45. The molecule has 13 heavy (non-hydrogen) atoms. The predicted octanol–water partition coefficient (Wildman–Crippen LogP) is 2.63. The Kier molecular flexibility index (Phi) is 2.61. The van der Waals surface area contributed by atoms with Crippen molar-refractivity contribution in [2.75, 3.05) is 12.8 Å². The molecule has 0 atom stereocenters. The highest BCUT2D eigenvalue weighted by molar-refractivity contribution is 7.96. The molecule has 0 saturated carbocycles. The van der Waals surface area contributed by atoms with Crippen molar-refractivity contribution in [3.63, 3.8) is 0 Å². The van der Waals surface area contributed by atoms with Gasteiger partial charge in [-0.05, 0) is 30.7 Å². The number of hydrogen-bond donors (Lipinski definition) is 0. The molecule has 0 aromatic heterocycles. The van der Waals surface area contributed by atoms with Crippen LogP contribution in [-0.2, 0) is 13.0 Å². The van der Waals surface area contributed by atoms with E-state index in [-0.39, 0.29) is 0 Å². The maximum absolute atomic E-state index is 2.41. The Morgan fingerprint density at radius 2 is 2.15 bits per heavy atom. The second kappa shape index (κ2) is 3.72. The van der Waals surface area contributed by atoms with Gasteiger partial charge in [0.15, 0.2) is 0 Å². The van der Waals surface area contributed by atoms with Gasteiger partial charge in [0.05, 0.1) is 0 Å². The van der Waals surface area contributed by atoms with Crippen LogP contribution in [0.2, 0.25) is 0 Å². The third-order valence-electron chi connectivity index (χ3n) is 2.60. The van der Waals surface area contributed by atoms with Crippen LogP contribution in [-0.4, -0.2) is 17.1 Å². The van der Waals surface area contributed by atoms with E-state index in [1.807, 2.05) is 11.9 Å². The fraction of sp³-hybridized carbons (Fsp3) is 0.455. The van der Waals surface area contributed by atoms with E-state index < -0.39 is 0 Å². The van der Waals surface area contributed by atoms with Crippen LogP contribution in [0.15, 0.2) is 18.2 Å². The molecule has 1 heterocycles. The van der Waals surface area contributed by atoms with Gasteiger partial charge in [-0.2, -0.15) is 0 Å². The summed E-state index contributed by atoms with van der Waals surface area (Å²) in [5.41, 5.74) is 4.44. The molecule has 0 radical (unpaired) electrons. The van der Waals surface area contributed by atoms with Gasteiger partial charge in [-0.25, -0.2) is 4.31 Å². The van der Waals surface area contributed by atoms with Crippen molar-refractivity contribution < 1.29 is 0 Å². The molecule has 1 aromatic carbocycles. The standard InChI is InChI=1S/C11H15NS/c1-9-3-4-11-8-12(13-2)6-5-10(11)7-9/h3-4,7H,5-6,8H2,1-2H3. The summed E-state index contributed by atoms with van der Waals surface area (Å²) >= 11 is 1.85. The Hall–Kier alpha value is -0.470. The van der Waals surface area contributed by atoms with Crippen LogP contribution in [0.4, 0.5) is 0 Å². The van der Waals surface area contributed by atoms with Gasteiger partial charge in [-0.15, -0.1) is 0 Å². The summed E-state index contributed by atoms with van der Waals surface area (Å²) in [4.78, 5) is 0. The minimum absolute atomic E-state index is 1.11. The molecule has 0 saturated heterocycles. The fourth-order valence-electron chi connectivity index (χ4n) is 1.81. The quantitative estimate of drug-likeness (QED) is 0.631. The number of benzene rings is 1. The average molecular weight is 193 g/mol. The molecule has 0 unspecified atom stereocenters. The van der Waals surface area contributed by atoms with Gasteiger partial charge in [0.2, 0.25) is 0 Å². The van der Waals surface area contributed by atoms with Crippen LogP contribution >= 0.6 is 11.9 Å². The lowest BCUT2D eigenvalue weighted by Crippen LogP contribution is -2.24. The van der Waals surface area contributed by atoms with E-state index >= 15 is 0 Å². The first-order valence-corrected chi connectivity index (χ1v) is 5.85.